The van der Waals surface area contributed by atoms with Crippen molar-refractivity contribution in [2.75, 3.05) is 56.5 Å². The van der Waals surface area contributed by atoms with Gasteiger partial charge in [-0.3, -0.25) is 24.7 Å². The second kappa shape index (κ2) is 12.5. The molecule has 238 valence electrons. The van der Waals surface area contributed by atoms with Crippen molar-refractivity contribution in [2.45, 2.75) is 63.6 Å². The minimum atomic E-state index is -0.267. The Hall–Kier alpha value is -3.80. The topological polar surface area (TPSA) is 108 Å². The number of likely N-dealkylation sites (N-methyl/N-ethyl adjacent to an activating group) is 1. The van der Waals surface area contributed by atoms with Crippen LogP contribution in [0, 0.1) is 6.92 Å². The number of anilines is 2. The van der Waals surface area contributed by atoms with Crippen LogP contribution in [0.4, 0.5) is 11.6 Å². The number of fused-ring (bicyclic) bond motifs is 1. The van der Waals surface area contributed by atoms with E-state index in [1.165, 1.54) is 31.6 Å². The molecule has 0 spiro atoms. The molecule has 11 heteroatoms. The van der Waals surface area contributed by atoms with E-state index in [1.54, 1.807) is 10.9 Å². The molecule has 0 atom stereocenters. The van der Waals surface area contributed by atoms with Crippen LogP contribution in [0.2, 0.25) is 0 Å². The van der Waals surface area contributed by atoms with Crippen molar-refractivity contribution in [3.8, 4) is 11.3 Å². The summed E-state index contributed by atoms with van der Waals surface area (Å²) in [5, 5.41) is 17.7. The number of nitrogens with zero attached hydrogens (tertiary/aromatic N) is 8. The van der Waals surface area contributed by atoms with Crippen LogP contribution in [0.5, 0.6) is 0 Å². The van der Waals surface area contributed by atoms with Crippen molar-refractivity contribution in [3.05, 3.63) is 54.0 Å². The van der Waals surface area contributed by atoms with Crippen LogP contribution in [0.15, 0.2) is 42.7 Å². The van der Waals surface area contributed by atoms with Crippen LogP contribution in [0.3, 0.4) is 0 Å². The molecule has 1 aliphatic carbocycles. The average Bonchev–Trinajstić information content (AvgIpc) is 3.64. The maximum atomic E-state index is 13.7. The first-order valence-corrected chi connectivity index (χ1v) is 16.5. The van der Waals surface area contributed by atoms with Crippen LogP contribution in [0.1, 0.15) is 60.6 Å². The number of hydrogen-bond acceptors (Lipinski definition) is 8. The van der Waals surface area contributed by atoms with E-state index >= 15 is 0 Å². The van der Waals surface area contributed by atoms with Crippen molar-refractivity contribution >= 4 is 28.6 Å². The fraction of sp³-hybridized carbons (Fsp3) is 0.529. The number of pyridine rings is 1. The lowest BCUT2D eigenvalue weighted by Gasteiger charge is -2.42. The van der Waals surface area contributed by atoms with Crippen LogP contribution >= 0.6 is 0 Å². The summed E-state index contributed by atoms with van der Waals surface area (Å²) in [7, 11) is 4.08. The highest BCUT2D eigenvalue weighted by Gasteiger charge is 2.29. The second-order valence-corrected chi connectivity index (χ2v) is 13.2. The third-order valence-electron chi connectivity index (χ3n) is 10.0. The van der Waals surface area contributed by atoms with Gasteiger partial charge in [-0.05, 0) is 82.8 Å². The quantitative estimate of drug-likeness (QED) is 0.336. The van der Waals surface area contributed by atoms with E-state index < -0.39 is 0 Å². The van der Waals surface area contributed by atoms with Gasteiger partial charge in [0.15, 0.2) is 0 Å². The summed E-state index contributed by atoms with van der Waals surface area (Å²) in [5.74, 6) is 0.337. The summed E-state index contributed by atoms with van der Waals surface area (Å²) >= 11 is 0. The number of amides is 1. The number of piperazine rings is 1. The maximum absolute atomic E-state index is 13.7. The smallest absolute Gasteiger partial charge is 0.258 e. The predicted molar refractivity (Wildman–Crippen MR) is 177 cm³/mol. The lowest BCUT2D eigenvalue weighted by atomic mass is 9.93. The predicted octanol–water partition coefficient (Wildman–Crippen LogP) is 4.08. The number of nitrogens with one attached hydrogen (secondary N) is 1. The highest BCUT2D eigenvalue weighted by atomic mass is 16.3. The summed E-state index contributed by atoms with van der Waals surface area (Å²) in [4.78, 5) is 31.0. The number of aliphatic hydroxyl groups excluding tert-OH is 1. The van der Waals surface area contributed by atoms with Gasteiger partial charge < -0.3 is 19.5 Å². The number of aliphatic hydroxyl groups is 1. The maximum Gasteiger partial charge on any atom is 0.258 e. The van der Waals surface area contributed by atoms with Gasteiger partial charge in [-0.25, -0.2) is 4.98 Å². The van der Waals surface area contributed by atoms with Gasteiger partial charge in [-0.15, -0.1) is 0 Å². The highest BCUT2D eigenvalue weighted by molar-refractivity contribution is 6.05. The van der Waals surface area contributed by atoms with Gasteiger partial charge in [0.1, 0.15) is 0 Å². The molecule has 2 saturated heterocycles. The molecule has 2 N–H and O–H groups in total. The number of imidazole rings is 1. The first-order chi connectivity index (χ1) is 21.8. The van der Waals surface area contributed by atoms with Gasteiger partial charge in [0, 0.05) is 87.1 Å². The van der Waals surface area contributed by atoms with Crippen molar-refractivity contribution in [3.63, 3.8) is 0 Å². The van der Waals surface area contributed by atoms with Crippen LogP contribution in [-0.4, -0.2) is 104 Å². The molecule has 11 nitrogen and oxygen atoms in total. The van der Waals surface area contributed by atoms with Crippen LogP contribution in [0.25, 0.3) is 22.3 Å². The third kappa shape index (κ3) is 6.34. The summed E-state index contributed by atoms with van der Waals surface area (Å²) in [6, 6.07) is 11.0. The molecule has 1 aromatic carbocycles. The van der Waals surface area contributed by atoms with E-state index in [0.29, 0.717) is 23.2 Å². The van der Waals surface area contributed by atoms with E-state index in [9.17, 15) is 9.90 Å². The molecule has 3 aromatic heterocycles. The van der Waals surface area contributed by atoms with Gasteiger partial charge in [0.2, 0.25) is 5.95 Å². The summed E-state index contributed by atoms with van der Waals surface area (Å²) < 4.78 is 3.95. The summed E-state index contributed by atoms with van der Waals surface area (Å²) in [6.45, 7) is 8.62. The average molecular weight is 612 g/mol. The summed E-state index contributed by atoms with van der Waals surface area (Å²) in [5.41, 5.74) is 5.98. The molecule has 3 aliphatic rings. The van der Waals surface area contributed by atoms with E-state index in [2.05, 4.69) is 59.9 Å². The lowest BCUT2D eigenvalue weighted by Crippen LogP contribution is -2.52. The standard InChI is InChI=1S/C34H45N9O2/c1-23-18-24(19-31(36-23)25-21-35-40(3)22-25)33(45)38-34-37-30-9-6-28(20-32(30)43(34)27-4-7-29(44)8-5-27)41-12-10-26(11-13-41)42-16-14-39(2)15-17-42/h6,9,18-22,26-27,29,44H,4-5,7-8,10-17H2,1-3H3,(H,37,38,45). The van der Waals surface area contributed by atoms with E-state index in [-0.39, 0.29) is 18.1 Å². The number of piperidine rings is 1. The molecule has 45 heavy (non-hydrogen) atoms. The second-order valence-electron chi connectivity index (χ2n) is 13.2. The van der Waals surface area contributed by atoms with Crippen molar-refractivity contribution in [1.29, 1.82) is 0 Å². The molecular formula is C34H45N9O2. The number of rotatable bonds is 6. The van der Waals surface area contributed by atoms with Gasteiger partial charge in [0.05, 0.1) is 29.0 Å². The van der Waals surface area contributed by atoms with Gasteiger partial charge in [-0.2, -0.15) is 5.10 Å². The number of carbonyl (C=O) groups excluding carboxylic acids is 1. The van der Waals surface area contributed by atoms with Crippen molar-refractivity contribution in [1.82, 2.24) is 34.1 Å². The number of carbonyl (C=O) groups is 1. The summed E-state index contributed by atoms with van der Waals surface area (Å²) in [6.07, 6.45) is 8.91. The van der Waals surface area contributed by atoms with Gasteiger partial charge in [0.25, 0.3) is 5.91 Å². The Labute approximate surface area is 264 Å². The normalized spacial score (nSPS) is 22.3. The third-order valence-corrected chi connectivity index (χ3v) is 10.0. The fourth-order valence-corrected chi connectivity index (χ4v) is 7.40. The Bertz CT molecular complexity index is 1660. The lowest BCUT2D eigenvalue weighted by molar-refractivity contribution is 0.0982. The van der Waals surface area contributed by atoms with E-state index in [0.717, 1.165) is 74.2 Å². The van der Waals surface area contributed by atoms with Gasteiger partial charge in [-0.1, -0.05) is 0 Å². The Kier molecular flexibility index (Phi) is 8.32. The SMILES string of the molecule is Cc1cc(C(=O)Nc2nc3ccc(N4CCC(N5CCN(C)CC5)CC4)cc3n2C2CCC(O)CC2)cc(-c2cnn(C)c2)n1. The molecular weight excluding hydrogens is 566 g/mol. The largest absolute Gasteiger partial charge is 0.393 e. The monoisotopic (exact) mass is 611 g/mol. The Morgan fingerprint density at radius 1 is 0.889 bits per heavy atom. The Morgan fingerprint density at radius 3 is 2.36 bits per heavy atom. The zero-order chi connectivity index (χ0) is 31.1. The molecule has 4 aromatic rings. The Morgan fingerprint density at radius 2 is 1.64 bits per heavy atom. The fourth-order valence-electron chi connectivity index (χ4n) is 7.40. The van der Waals surface area contributed by atoms with Crippen molar-refractivity contribution < 1.29 is 9.90 Å². The van der Waals surface area contributed by atoms with Crippen molar-refractivity contribution in [2.24, 2.45) is 7.05 Å². The zero-order valence-electron chi connectivity index (χ0n) is 26.7. The zero-order valence-corrected chi connectivity index (χ0v) is 26.7. The molecule has 2 aliphatic heterocycles. The number of aryl methyl sites for hydroxylation is 2. The van der Waals surface area contributed by atoms with Gasteiger partial charge >= 0.3 is 0 Å². The molecule has 1 amide bonds. The molecule has 0 unspecified atom stereocenters. The number of benzene rings is 1. The van der Waals surface area contributed by atoms with Crippen LogP contribution < -0.4 is 10.2 Å². The molecule has 3 fully saturated rings. The molecule has 5 heterocycles. The number of aromatic nitrogens is 5. The first kappa shape index (κ1) is 29.9. The molecule has 0 bridgehead atoms. The minimum Gasteiger partial charge on any atom is -0.393 e. The molecule has 0 radical (unpaired) electrons. The number of hydrogen-bond donors (Lipinski definition) is 2. The van der Waals surface area contributed by atoms with Crippen LogP contribution in [-0.2, 0) is 7.05 Å². The molecule has 7 rings (SSSR count). The van der Waals surface area contributed by atoms with E-state index in [4.69, 9.17) is 4.98 Å². The van der Waals surface area contributed by atoms with E-state index in [1.807, 2.05) is 32.3 Å². The molecule has 1 saturated carbocycles. The highest BCUT2D eigenvalue weighted by Crippen LogP contribution is 2.36. The Balaban J connectivity index is 1.15. The first-order valence-electron chi connectivity index (χ1n) is 16.5. The minimum absolute atomic E-state index is 0.150.